The summed E-state index contributed by atoms with van der Waals surface area (Å²) in [4.78, 5) is 61.6. The molecule has 2 amide bonds. The monoisotopic (exact) mass is 564 g/mol. The predicted octanol–water partition coefficient (Wildman–Crippen LogP) is 3.05. The third kappa shape index (κ3) is 8.66. The summed E-state index contributed by atoms with van der Waals surface area (Å²) in [6, 6.07) is 11.9. The van der Waals surface area contributed by atoms with Crippen LogP contribution in [0.2, 0.25) is 0 Å². The highest BCUT2D eigenvalue weighted by Crippen LogP contribution is 2.23. The van der Waals surface area contributed by atoms with Crippen LogP contribution in [0.25, 0.3) is 0 Å². The van der Waals surface area contributed by atoms with Crippen LogP contribution in [0.3, 0.4) is 0 Å². The van der Waals surface area contributed by atoms with Crippen molar-refractivity contribution in [2.24, 2.45) is 0 Å². The summed E-state index contributed by atoms with van der Waals surface area (Å²) >= 11 is 0. The summed E-state index contributed by atoms with van der Waals surface area (Å²) in [6.45, 7) is 7.58. The minimum Gasteiger partial charge on any atom is -0.488 e. The number of unbranched alkanes of at least 4 members (excludes halogenated alkanes) is 1. The van der Waals surface area contributed by atoms with Crippen molar-refractivity contribution in [1.29, 1.82) is 0 Å². The van der Waals surface area contributed by atoms with Gasteiger partial charge in [0.15, 0.2) is 5.75 Å². The third-order valence-corrected chi connectivity index (χ3v) is 5.95. The second-order valence-corrected chi connectivity index (χ2v) is 10.4. The molecule has 0 aliphatic rings. The zero-order chi connectivity index (χ0) is 30.2. The topological polar surface area (TPSA) is 166 Å². The number of nitrogen functional groups attached to an aromatic ring is 1. The number of nitrogens with two attached hydrogens (primary N) is 1. The maximum atomic E-state index is 13.0. The van der Waals surface area contributed by atoms with Crippen LogP contribution in [-0.2, 0) is 9.53 Å². The summed E-state index contributed by atoms with van der Waals surface area (Å²) in [7, 11) is 0. The Balaban J connectivity index is 1.57. The van der Waals surface area contributed by atoms with E-state index in [1.807, 2.05) is 0 Å². The van der Waals surface area contributed by atoms with Gasteiger partial charge in [0.25, 0.3) is 22.7 Å². The number of anilines is 3. The van der Waals surface area contributed by atoms with Gasteiger partial charge in [0.1, 0.15) is 17.3 Å². The molecule has 0 bridgehead atoms. The van der Waals surface area contributed by atoms with Crippen LogP contribution < -0.4 is 37.3 Å². The molecule has 11 nitrogen and oxygen atoms in total. The molecule has 0 fully saturated rings. The molecule has 0 radical (unpaired) electrons. The lowest BCUT2D eigenvalue weighted by Crippen LogP contribution is -2.44. The van der Waals surface area contributed by atoms with E-state index in [0.717, 1.165) is 0 Å². The van der Waals surface area contributed by atoms with Gasteiger partial charge in [0.2, 0.25) is 0 Å². The summed E-state index contributed by atoms with van der Waals surface area (Å²) in [6.07, 6.45) is 1.43. The lowest BCUT2D eigenvalue weighted by atomic mass is 10.1. The molecule has 0 heterocycles. The van der Waals surface area contributed by atoms with Gasteiger partial charge in [-0.3, -0.25) is 19.2 Å². The minimum absolute atomic E-state index is 0.00987. The van der Waals surface area contributed by atoms with Crippen molar-refractivity contribution < 1.29 is 23.9 Å². The number of ether oxygens (including phenoxy) is 2. The van der Waals surface area contributed by atoms with Crippen LogP contribution in [0.4, 0.5) is 17.1 Å². The maximum absolute atomic E-state index is 13.0. The van der Waals surface area contributed by atoms with E-state index in [2.05, 4.69) is 16.0 Å². The Kier molecular flexibility index (Phi) is 10.2. The molecule has 0 aliphatic heterocycles. The second kappa shape index (κ2) is 13.6. The lowest BCUT2D eigenvalue weighted by Gasteiger charge is -2.24. The van der Waals surface area contributed by atoms with Gasteiger partial charge in [-0.2, -0.15) is 0 Å². The predicted molar refractivity (Wildman–Crippen MR) is 156 cm³/mol. The molecule has 0 spiro atoms. The van der Waals surface area contributed by atoms with Crippen LogP contribution >= 0.6 is 0 Å². The molecule has 0 saturated heterocycles. The molecule has 1 atom stereocenters. The summed E-state index contributed by atoms with van der Waals surface area (Å²) in [5.41, 5.74) is 5.48. The molecule has 0 aliphatic carbocycles. The number of benzene rings is 2. The Labute approximate surface area is 238 Å². The fourth-order valence-electron chi connectivity index (χ4n) is 3.89. The Hall–Kier alpha value is -4.67. The number of rotatable bonds is 13. The van der Waals surface area contributed by atoms with E-state index in [1.165, 1.54) is 12.1 Å². The van der Waals surface area contributed by atoms with Crippen molar-refractivity contribution in [3.05, 3.63) is 80.1 Å². The van der Waals surface area contributed by atoms with Crippen molar-refractivity contribution in [3.63, 3.8) is 0 Å². The van der Waals surface area contributed by atoms with Crippen LogP contribution in [0.1, 0.15) is 67.7 Å². The molecule has 0 unspecified atom stereocenters. The SMILES string of the molecule is CCOc1c(Nc2ccc(C(=O)N[C@@H](CCCCNC(=O)c3ccc(N)cc3)C(=O)OC(C)(C)C)cc2)c(=O)c1=O. The lowest BCUT2D eigenvalue weighted by molar-refractivity contribution is -0.157. The molecule has 41 heavy (non-hydrogen) atoms. The van der Waals surface area contributed by atoms with Crippen molar-refractivity contribution in [1.82, 2.24) is 10.6 Å². The summed E-state index contributed by atoms with van der Waals surface area (Å²) < 4.78 is 10.7. The van der Waals surface area contributed by atoms with Gasteiger partial charge in [-0.15, -0.1) is 0 Å². The van der Waals surface area contributed by atoms with E-state index in [0.29, 0.717) is 42.7 Å². The molecular formula is C30H36N4O7. The highest BCUT2D eigenvalue weighted by atomic mass is 16.6. The fraction of sp³-hybridized carbons (Fsp3) is 0.367. The van der Waals surface area contributed by atoms with E-state index in [9.17, 15) is 24.0 Å². The van der Waals surface area contributed by atoms with Crippen LogP contribution in [0.15, 0.2) is 58.1 Å². The molecule has 218 valence electrons. The Morgan fingerprint density at radius 1 is 0.878 bits per heavy atom. The number of carbonyl (C=O) groups is 3. The Morgan fingerprint density at radius 2 is 1.49 bits per heavy atom. The number of carbonyl (C=O) groups excluding carboxylic acids is 3. The number of hydrogen-bond donors (Lipinski definition) is 4. The van der Waals surface area contributed by atoms with Crippen molar-refractivity contribution in [3.8, 4) is 5.75 Å². The highest BCUT2D eigenvalue weighted by Gasteiger charge is 2.27. The van der Waals surface area contributed by atoms with Crippen LogP contribution in [-0.4, -0.2) is 42.6 Å². The number of esters is 1. The van der Waals surface area contributed by atoms with E-state index < -0.39 is 34.4 Å². The average molecular weight is 565 g/mol. The van der Waals surface area contributed by atoms with Gasteiger partial charge in [0, 0.05) is 29.0 Å². The standard InChI is InChI=1S/C30H36N4O7/c1-5-40-26-23(24(35)25(26)36)33-21-15-11-19(12-16-21)28(38)34-22(29(39)41-30(2,3)4)8-6-7-17-32-27(37)18-9-13-20(31)14-10-18/h9-16,22,33H,5-8,17,31H2,1-4H3,(H,32,37)(H,34,38)/t22-/m0/s1. The molecule has 11 heteroatoms. The molecule has 3 aromatic rings. The van der Waals surface area contributed by atoms with Gasteiger partial charge in [-0.1, -0.05) is 0 Å². The van der Waals surface area contributed by atoms with Crippen molar-refractivity contribution in [2.45, 2.75) is 58.6 Å². The smallest absolute Gasteiger partial charge is 0.329 e. The molecule has 0 aromatic heterocycles. The quantitative estimate of drug-likeness (QED) is 0.106. The largest absolute Gasteiger partial charge is 0.488 e. The number of hydrogen-bond acceptors (Lipinski definition) is 9. The molecular weight excluding hydrogens is 528 g/mol. The zero-order valence-corrected chi connectivity index (χ0v) is 23.7. The molecule has 3 aromatic carbocycles. The number of nitrogens with one attached hydrogen (secondary N) is 3. The highest BCUT2D eigenvalue weighted by molar-refractivity contribution is 5.97. The first kappa shape index (κ1) is 30.9. The van der Waals surface area contributed by atoms with E-state index >= 15 is 0 Å². The van der Waals surface area contributed by atoms with Gasteiger partial charge in [-0.25, -0.2) is 4.79 Å². The molecule has 3 rings (SSSR count). The van der Waals surface area contributed by atoms with E-state index in [1.54, 1.807) is 64.1 Å². The van der Waals surface area contributed by atoms with Gasteiger partial charge < -0.3 is 31.2 Å². The number of amides is 2. The Morgan fingerprint density at radius 3 is 2.10 bits per heavy atom. The van der Waals surface area contributed by atoms with Gasteiger partial charge in [0.05, 0.1) is 6.61 Å². The average Bonchev–Trinajstić information content (AvgIpc) is 2.93. The normalized spacial score (nSPS) is 11.9. The first-order chi connectivity index (χ1) is 19.4. The van der Waals surface area contributed by atoms with Crippen molar-refractivity contribution in [2.75, 3.05) is 24.2 Å². The first-order valence-corrected chi connectivity index (χ1v) is 13.4. The molecule has 5 N–H and O–H groups in total. The second-order valence-electron chi connectivity index (χ2n) is 10.4. The molecule has 0 saturated carbocycles. The minimum atomic E-state index is -0.898. The summed E-state index contributed by atoms with van der Waals surface area (Å²) in [5, 5.41) is 8.42. The third-order valence-electron chi connectivity index (χ3n) is 5.95. The van der Waals surface area contributed by atoms with Crippen molar-refractivity contribution >= 4 is 34.8 Å². The van der Waals surface area contributed by atoms with E-state index in [4.69, 9.17) is 15.2 Å². The van der Waals surface area contributed by atoms with Gasteiger partial charge >= 0.3 is 5.97 Å². The maximum Gasteiger partial charge on any atom is 0.329 e. The summed E-state index contributed by atoms with van der Waals surface area (Å²) in [5.74, 6) is -1.27. The van der Waals surface area contributed by atoms with Gasteiger partial charge in [-0.05, 0) is 95.5 Å². The first-order valence-electron chi connectivity index (χ1n) is 13.4. The van der Waals surface area contributed by atoms with Crippen LogP contribution in [0.5, 0.6) is 5.75 Å². The fourth-order valence-corrected chi connectivity index (χ4v) is 3.89. The van der Waals surface area contributed by atoms with E-state index in [-0.39, 0.29) is 29.5 Å². The van der Waals surface area contributed by atoms with Crippen LogP contribution in [0, 0.1) is 0 Å². The Bertz CT molecular complexity index is 1430. The zero-order valence-electron chi connectivity index (χ0n) is 23.7.